The number of para-hydroxylation sites is 1. The molecule has 1 aromatic rings. The molecule has 0 saturated carbocycles. The minimum atomic E-state index is -1.44. The number of cyclic esters (lactones) is 1. The van der Waals surface area contributed by atoms with Gasteiger partial charge in [0.15, 0.2) is 0 Å². The number of carbonyl (C=O) groups is 4. The van der Waals surface area contributed by atoms with Crippen molar-refractivity contribution in [2.75, 3.05) is 24.6 Å². The second kappa shape index (κ2) is 11.9. The predicted molar refractivity (Wildman–Crippen MR) is 159 cm³/mol. The SMILES string of the molecule is CC[C@@H](CO)N1C(=O)[C@H]2[C@@H]3C(=O)O[C@H](C)CNC(=O)CC/C=C\CN(c4c(C)cccc4C)C(=O)[C@H]1[C@@]21C=C(Br)[C@@H]3O1. The summed E-state index contributed by atoms with van der Waals surface area (Å²) in [6, 6.07) is 3.98. The lowest BCUT2D eigenvalue weighted by Gasteiger charge is -2.39. The Kier molecular flexibility index (Phi) is 8.65. The monoisotopic (exact) mass is 643 g/mol. The number of aliphatic hydroxyl groups is 1. The molecule has 5 rings (SSSR count). The van der Waals surface area contributed by atoms with Gasteiger partial charge in [-0.2, -0.15) is 0 Å². The summed E-state index contributed by atoms with van der Waals surface area (Å²) < 4.78 is 12.8. The molecule has 1 aromatic carbocycles. The zero-order chi connectivity index (χ0) is 30.3. The van der Waals surface area contributed by atoms with Crippen molar-refractivity contribution in [3.05, 3.63) is 52.0 Å². The number of aryl methyl sites for hydroxylation is 2. The number of esters is 1. The third kappa shape index (κ3) is 4.99. The van der Waals surface area contributed by atoms with Crippen LogP contribution in [0.3, 0.4) is 0 Å². The van der Waals surface area contributed by atoms with Crippen LogP contribution in [-0.2, 0) is 28.7 Å². The summed E-state index contributed by atoms with van der Waals surface area (Å²) in [6.45, 7) is 7.35. The second-order valence-electron chi connectivity index (χ2n) is 11.6. The normalized spacial score (nSPS) is 33.3. The molecule has 11 heteroatoms. The molecule has 4 aliphatic heterocycles. The molecule has 10 nitrogen and oxygen atoms in total. The van der Waals surface area contributed by atoms with E-state index in [4.69, 9.17) is 9.47 Å². The van der Waals surface area contributed by atoms with E-state index in [9.17, 15) is 24.3 Å². The summed E-state index contributed by atoms with van der Waals surface area (Å²) in [5, 5.41) is 13.2. The summed E-state index contributed by atoms with van der Waals surface area (Å²) in [4.78, 5) is 58.4. The second-order valence-corrected chi connectivity index (χ2v) is 12.5. The van der Waals surface area contributed by atoms with Gasteiger partial charge in [-0.1, -0.05) is 53.2 Å². The van der Waals surface area contributed by atoms with Crippen LogP contribution in [-0.4, -0.2) is 83.3 Å². The highest BCUT2D eigenvalue weighted by Gasteiger charge is 2.75. The standard InChI is InChI=1S/C31H38BrN3O7/c1-5-20(16-36)35-27-29(39)34(25-17(2)10-9-11-18(25)3)13-8-6-7-12-22(37)33-15-19(4)41-30(40)23-24(28(35)38)31(27)14-21(32)26(23)42-31/h6,8-11,14,19-20,23-24,26-27,36H,5,7,12-13,15-16H2,1-4H3,(H,33,37)/b8-6-/t19-,20+,23+,24-,26+,27+,31-/m1/s1. The number of anilines is 1. The number of nitrogens with zero attached hydrogens (tertiary/aromatic N) is 2. The Morgan fingerprint density at radius 2 is 1.86 bits per heavy atom. The van der Waals surface area contributed by atoms with E-state index >= 15 is 0 Å². The maximum atomic E-state index is 14.9. The van der Waals surface area contributed by atoms with Gasteiger partial charge in [0.25, 0.3) is 5.91 Å². The van der Waals surface area contributed by atoms with E-state index in [-0.39, 0.29) is 37.9 Å². The molecule has 0 unspecified atom stereocenters. The molecule has 0 aliphatic carbocycles. The minimum Gasteiger partial charge on any atom is -0.460 e. The largest absolute Gasteiger partial charge is 0.460 e. The average molecular weight is 645 g/mol. The smallest absolute Gasteiger partial charge is 0.313 e. The zero-order valence-corrected chi connectivity index (χ0v) is 25.9. The molecule has 1 spiro atoms. The van der Waals surface area contributed by atoms with Crippen LogP contribution in [0.5, 0.6) is 0 Å². The number of benzene rings is 1. The Hall–Kier alpha value is -3.02. The van der Waals surface area contributed by atoms with Crippen molar-refractivity contribution in [2.45, 2.75) is 76.9 Å². The number of hydrogen-bond donors (Lipinski definition) is 2. The van der Waals surface area contributed by atoms with E-state index in [1.165, 1.54) is 4.90 Å². The van der Waals surface area contributed by atoms with E-state index in [1.807, 2.05) is 51.1 Å². The van der Waals surface area contributed by atoms with Crippen LogP contribution in [0.4, 0.5) is 5.69 Å². The molecule has 3 amide bonds. The molecule has 2 N–H and O–H groups in total. The highest BCUT2D eigenvalue weighted by molar-refractivity contribution is 9.11. The first kappa shape index (κ1) is 30.4. The molecule has 226 valence electrons. The number of allylic oxidation sites excluding steroid dienone is 1. The van der Waals surface area contributed by atoms with Crippen LogP contribution < -0.4 is 10.2 Å². The molecule has 5 bridgehead atoms. The fourth-order valence-corrected chi connectivity index (χ4v) is 7.60. The fraction of sp³-hybridized carbons (Fsp3) is 0.548. The van der Waals surface area contributed by atoms with Crippen LogP contribution in [0.25, 0.3) is 0 Å². The Labute approximate surface area is 254 Å². The lowest BCUT2D eigenvalue weighted by Crippen LogP contribution is -2.58. The van der Waals surface area contributed by atoms with Gasteiger partial charge in [-0.3, -0.25) is 19.2 Å². The van der Waals surface area contributed by atoms with Gasteiger partial charge in [0.2, 0.25) is 11.8 Å². The molecule has 2 saturated heterocycles. The molecule has 7 atom stereocenters. The minimum absolute atomic E-state index is 0.128. The number of likely N-dealkylation sites (tertiary alicyclic amines) is 1. The number of hydrogen-bond acceptors (Lipinski definition) is 7. The van der Waals surface area contributed by atoms with Gasteiger partial charge in [0, 0.05) is 23.1 Å². The Bertz CT molecular complexity index is 1320. The molecule has 4 heterocycles. The highest BCUT2D eigenvalue weighted by Crippen LogP contribution is 2.59. The van der Waals surface area contributed by atoms with Crippen LogP contribution >= 0.6 is 15.9 Å². The molecule has 4 aliphatic rings. The average Bonchev–Trinajstić information content (AvgIpc) is 3.54. The summed E-state index contributed by atoms with van der Waals surface area (Å²) in [6.07, 6.45) is 5.13. The molecular weight excluding hydrogens is 606 g/mol. The summed E-state index contributed by atoms with van der Waals surface area (Å²) in [5.41, 5.74) is 1.04. The summed E-state index contributed by atoms with van der Waals surface area (Å²) in [5.74, 6) is -3.62. The number of halogens is 1. The zero-order valence-electron chi connectivity index (χ0n) is 24.3. The van der Waals surface area contributed by atoms with Crippen LogP contribution in [0.2, 0.25) is 0 Å². The van der Waals surface area contributed by atoms with E-state index in [0.717, 1.165) is 11.1 Å². The summed E-state index contributed by atoms with van der Waals surface area (Å²) in [7, 11) is 0. The van der Waals surface area contributed by atoms with E-state index in [1.54, 1.807) is 17.9 Å². The number of fused-ring (bicyclic) bond motifs is 2. The van der Waals surface area contributed by atoms with Crippen molar-refractivity contribution in [3.63, 3.8) is 0 Å². The van der Waals surface area contributed by atoms with Crippen molar-refractivity contribution >= 4 is 45.3 Å². The quantitative estimate of drug-likeness (QED) is 0.382. The third-order valence-electron chi connectivity index (χ3n) is 8.82. The Morgan fingerprint density at radius 3 is 2.52 bits per heavy atom. The fourth-order valence-electron chi connectivity index (χ4n) is 6.86. The van der Waals surface area contributed by atoms with Gasteiger partial charge in [0.05, 0.1) is 25.1 Å². The number of rotatable bonds is 4. The van der Waals surface area contributed by atoms with Crippen LogP contribution in [0.15, 0.2) is 40.9 Å². The lowest BCUT2D eigenvalue weighted by atomic mass is 9.74. The van der Waals surface area contributed by atoms with Gasteiger partial charge in [-0.05, 0) is 50.8 Å². The van der Waals surface area contributed by atoms with Gasteiger partial charge < -0.3 is 29.7 Å². The lowest BCUT2D eigenvalue weighted by molar-refractivity contribution is -0.159. The van der Waals surface area contributed by atoms with Crippen molar-refractivity contribution in [3.8, 4) is 0 Å². The molecule has 2 fully saturated rings. The highest BCUT2D eigenvalue weighted by atomic mass is 79.9. The van der Waals surface area contributed by atoms with Gasteiger partial charge in [0.1, 0.15) is 29.8 Å². The number of amides is 3. The molecule has 0 aromatic heterocycles. The Balaban J connectivity index is 1.68. The molecule has 0 radical (unpaired) electrons. The number of carbonyl (C=O) groups excluding carboxylic acids is 4. The predicted octanol–water partition coefficient (Wildman–Crippen LogP) is 2.68. The maximum Gasteiger partial charge on any atom is 0.313 e. The Morgan fingerprint density at radius 1 is 1.14 bits per heavy atom. The van der Waals surface area contributed by atoms with Crippen molar-refractivity contribution in [1.29, 1.82) is 0 Å². The van der Waals surface area contributed by atoms with Crippen LogP contribution in [0, 0.1) is 25.7 Å². The van der Waals surface area contributed by atoms with Crippen molar-refractivity contribution in [1.82, 2.24) is 10.2 Å². The molecular formula is C31H38BrN3O7. The van der Waals surface area contributed by atoms with Gasteiger partial charge in [-0.15, -0.1) is 0 Å². The number of aliphatic hydroxyl groups excluding tert-OH is 1. The van der Waals surface area contributed by atoms with Crippen LogP contribution in [0.1, 0.15) is 44.2 Å². The number of ether oxygens (including phenoxy) is 2. The van der Waals surface area contributed by atoms with E-state index < -0.39 is 53.6 Å². The van der Waals surface area contributed by atoms with E-state index in [2.05, 4.69) is 21.2 Å². The van der Waals surface area contributed by atoms with Crippen molar-refractivity contribution < 1.29 is 33.8 Å². The first-order chi connectivity index (χ1) is 20.0. The third-order valence-corrected chi connectivity index (χ3v) is 9.50. The van der Waals surface area contributed by atoms with Gasteiger partial charge >= 0.3 is 5.97 Å². The van der Waals surface area contributed by atoms with E-state index in [0.29, 0.717) is 23.0 Å². The topological polar surface area (TPSA) is 125 Å². The first-order valence-corrected chi connectivity index (χ1v) is 15.3. The van der Waals surface area contributed by atoms with Gasteiger partial charge in [-0.25, -0.2) is 0 Å². The first-order valence-electron chi connectivity index (χ1n) is 14.5. The number of nitrogens with one attached hydrogen (secondary N) is 1. The summed E-state index contributed by atoms with van der Waals surface area (Å²) >= 11 is 3.55. The van der Waals surface area contributed by atoms with Crippen molar-refractivity contribution in [2.24, 2.45) is 11.8 Å². The maximum absolute atomic E-state index is 14.9. The molecule has 42 heavy (non-hydrogen) atoms.